The number of aromatic nitrogens is 2. The SMILES string of the molecule is Cn1ccc2cccc(NC(=O)Nc3ccc(-c4ccc[nH]4)cc3)c21. The average Bonchev–Trinajstić information content (AvgIpc) is 3.26. The van der Waals surface area contributed by atoms with Crippen LogP contribution in [-0.2, 0) is 7.05 Å². The highest BCUT2D eigenvalue weighted by atomic mass is 16.2. The van der Waals surface area contributed by atoms with Crippen molar-refractivity contribution in [3.63, 3.8) is 0 Å². The topological polar surface area (TPSA) is 61.9 Å². The molecule has 0 spiro atoms. The monoisotopic (exact) mass is 330 g/mol. The van der Waals surface area contributed by atoms with Gasteiger partial charge >= 0.3 is 6.03 Å². The Morgan fingerprint density at radius 1 is 0.960 bits per heavy atom. The van der Waals surface area contributed by atoms with Gasteiger partial charge in [0.15, 0.2) is 0 Å². The molecule has 0 saturated carbocycles. The molecule has 0 saturated heterocycles. The minimum Gasteiger partial charge on any atom is -0.361 e. The molecule has 5 nitrogen and oxygen atoms in total. The number of nitrogens with zero attached hydrogens (tertiary/aromatic N) is 1. The Hall–Kier alpha value is -3.47. The molecule has 25 heavy (non-hydrogen) atoms. The van der Waals surface area contributed by atoms with Crippen molar-refractivity contribution in [1.82, 2.24) is 9.55 Å². The number of fused-ring (bicyclic) bond motifs is 1. The highest BCUT2D eigenvalue weighted by Gasteiger charge is 2.08. The lowest BCUT2D eigenvalue weighted by Gasteiger charge is -2.10. The summed E-state index contributed by atoms with van der Waals surface area (Å²) in [5.74, 6) is 0. The lowest BCUT2D eigenvalue weighted by Crippen LogP contribution is -2.19. The standard InChI is InChI=1S/C20H18N4O/c1-24-13-11-15-4-2-5-18(19(15)24)23-20(25)22-16-9-7-14(8-10-16)17-6-3-12-21-17/h2-13,21H,1H3,(H2,22,23,25). The first-order chi connectivity index (χ1) is 12.2. The highest BCUT2D eigenvalue weighted by molar-refractivity contribution is 6.05. The van der Waals surface area contributed by atoms with E-state index in [0.29, 0.717) is 0 Å². The molecule has 5 heteroatoms. The van der Waals surface area contributed by atoms with Crippen LogP contribution in [-0.4, -0.2) is 15.6 Å². The summed E-state index contributed by atoms with van der Waals surface area (Å²) in [5.41, 5.74) is 4.65. The van der Waals surface area contributed by atoms with Crippen LogP contribution in [0.15, 0.2) is 73.1 Å². The van der Waals surface area contributed by atoms with Gasteiger partial charge in [-0.05, 0) is 42.0 Å². The van der Waals surface area contributed by atoms with Crippen molar-refractivity contribution in [3.05, 3.63) is 73.1 Å². The summed E-state index contributed by atoms with van der Waals surface area (Å²) in [6.45, 7) is 0. The average molecular weight is 330 g/mol. The number of carbonyl (C=O) groups excluding carboxylic acids is 1. The van der Waals surface area contributed by atoms with Crippen molar-refractivity contribution >= 4 is 28.3 Å². The van der Waals surface area contributed by atoms with E-state index >= 15 is 0 Å². The molecule has 0 bridgehead atoms. The molecule has 2 amide bonds. The molecule has 124 valence electrons. The van der Waals surface area contributed by atoms with Crippen LogP contribution in [0.25, 0.3) is 22.2 Å². The first kappa shape index (κ1) is 15.1. The smallest absolute Gasteiger partial charge is 0.323 e. The molecule has 0 radical (unpaired) electrons. The summed E-state index contributed by atoms with van der Waals surface area (Å²) in [6.07, 6.45) is 3.87. The van der Waals surface area contributed by atoms with E-state index in [1.807, 2.05) is 84.7 Å². The Balaban J connectivity index is 1.49. The molecule has 2 aromatic carbocycles. The maximum absolute atomic E-state index is 12.3. The Labute approximate surface area is 145 Å². The van der Waals surface area contributed by atoms with Crippen LogP contribution in [0.2, 0.25) is 0 Å². The molecule has 2 aromatic heterocycles. The van der Waals surface area contributed by atoms with E-state index in [2.05, 4.69) is 15.6 Å². The van der Waals surface area contributed by atoms with E-state index in [1.54, 1.807) is 0 Å². The fourth-order valence-corrected chi connectivity index (χ4v) is 2.98. The lowest BCUT2D eigenvalue weighted by molar-refractivity contribution is 0.262. The number of nitrogens with one attached hydrogen (secondary N) is 3. The summed E-state index contributed by atoms with van der Waals surface area (Å²) in [6, 6.07) is 19.3. The number of carbonyl (C=O) groups is 1. The summed E-state index contributed by atoms with van der Waals surface area (Å²) in [5, 5.41) is 6.89. The van der Waals surface area contributed by atoms with Gasteiger partial charge in [0, 0.05) is 36.2 Å². The summed E-state index contributed by atoms with van der Waals surface area (Å²) in [7, 11) is 1.96. The van der Waals surface area contributed by atoms with Gasteiger partial charge < -0.3 is 20.2 Å². The van der Waals surface area contributed by atoms with Gasteiger partial charge in [-0.1, -0.05) is 24.3 Å². The molecule has 4 aromatic rings. The zero-order valence-corrected chi connectivity index (χ0v) is 13.8. The predicted molar refractivity (Wildman–Crippen MR) is 102 cm³/mol. The second-order valence-corrected chi connectivity index (χ2v) is 5.91. The Bertz CT molecular complexity index is 1010. The predicted octanol–water partition coefficient (Wildman–Crippen LogP) is 4.82. The third-order valence-electron chi connectivity index (χ3n) is 4.20. The molecule has 4 rings (SSSR count). The number of H-pyrrole nitrogens is 1. The highest BCUT2D eigenvalue weighted by Crippen LogP contribution is 2.24. The first-order valence-corrected chi connectivity index (χ1v) is 8.06. The van der Waals surface area contributed by atoms with Gasteiger partial charge in [0.2, 0.25) is 0 Å². The van der Waals surface area contributed by atoms with Crippen molar-refractivity contribution in [1.29, 1.82) is 0 Å². The fourth-order valence-electron chi connectivity index (χ4n) is 2.98. The number of hydrogen-bond donors (Lipinski definition) is 3. The van der Waals surface area contributed by atoms with Crippen LogP contribution in [0.3, 0.4) is 0 Å². The largest absolute Gasteiger partial charge is 0.361 e. The van der Waals surface area contributed by atoms with Gasteiger partial charge in [0.1, 0.15) is 0 Å². The molecule has 0 atom stereocenters. The molecular formula is C20H18N4O. The maximum atomic E-state index is 12.3. The second-order valence-electron chi connectivity index (χ2n) is 5.91. The summed E-state index contributed by atoms with van der Waals surface area (Å²) in [4.78, 5) is 15.5. The molecule has 2 heterocycles. The number of urea groups is 1. The zero-order chi connectivity index (χ0) is 17.2. The molecular weight excluding hydrogens is 312 g/mol. The van der Waals surface area contributed by atoms with Crippen LogP contribution in [0.4, 0.5) is 16.2 Å². The number of para-hydroxylation sites is 1. The quantitative estimate of drug-likeness (QED) is 0.495. The Morgan fingerprint density at radius 2 is 1.80 bits per heavy atom. The van der Waals surface area contributed by atoms with E-state index in [9.17, 15) is 4.79 Å². The van der Waals surface area contributed by atoms with Gasteiger partial charge in [-0.2, -0.15) is 0 Å². The van der Waals surface area contributed by atoms with Crippen molar-refractivity contribution in [2.45, 2.75) is 0 Å². The van der Waals surface area contributed by atoms with E-state index in [1.165, 1.54) is 0 Å². The van der Waals surface area contributed by atoms with Crippen LogP contribution in [0.1, 0.15) is 0 Å². The van der Waals surface area contributed by atoms with Gasteiger partial charge in [0.05, 0.1) is 11.2 Å². The molecule has 0 aliphatic rings. The van der Waals surface area contributed by atoms with E-state index in [-0.39, 0.29) is 6.03 Å². The lowest BCUT2D eigenvalue weighted by atomic mass is 10.1. The number of benzene rings is 2. The van der Waals surface area contributed by atoms with Gasteiger partial charge in [0.25, 0.3) is 0 Å². The summed E-state index contributed by atoms with van der Waals surface area (Å²) < 4.78 is 2.00. The normalized spacial score (nSPS) is 10.8. The van der Waals surface area contributed by atoms with E-state index in [4.69, 9.17) is 0 Å². The summed E-state index contributed by atoms with van der Waals surface area (Å²) >= 11 is 0. The molecule has 0 aliphatic carbocycles. The van der Waals surface area contributed by atoms with Crippen LogP contribution >= 0.6 is 0 Å². The third-order valence-corrected chi connectivity index (χ3v) is 4.20. The number of hydrogen-bond acceptors (Lipinski definition) is 1. The van der Waals surface area contributed by atoms with Crippen molar-refractivity contribution < 1.29 is 4.79 Å². The van der Waals surface area contributed by atoms with Crippen molar-refractivity contribution in [2.24, 2.45) is 7.05 Å². The molecule has 0 fully saturated rings. The van der Waals surface area contributed by atoms with Gasteiger partial charge in [-0.25, -0.2) is 4.79 Å². The number of anilines is 2. The molecule has 3 N–H and O–H groups in total. The first-order valence-electron chi connectivity index (χ1n) is 8.06. The number of amides is 2. The van der Waals surface area contributed by atoms with Crippen LogP contribution in [0.5, 0.6) is 0 Å². The Morgan fingerprint density at radius 3 is 2.56 bits per heavy atom. The van der Waals surface area contributed by atoms with Gasteiger partial charge in [-0.15, -0.1) is 0 Å². The van der Waals surface area contributed by atoms with Crippen LogP contribution < -0.4 is 10.6 Å². The Kier molecular flexibility index (Phi) is 3.74. The minimum absolute atomic E-state index is 0.263. The van der Waals surface area contributed by atoms with E-state index in [0.717, 1.165) is 33.5 Å². The van der Waals surface area contributed by atoms with Crippen molar-refractivity contribution in [3.8, 4) is 11.3 Å². The van der Waals surface area contributed by atoms with Crippen LogP contribution in [0, 0.1) is 0 Å². The van der Waals surface area contributed by atoms with E-state index < -0.39 is 0 Å². The fraction of sp³-hybridized carbons (Fsp3) is 0.0500. The number of rotatable bonds is 3. The molecule has 0 unspecified atom stereocenters. The molecule has 0 aliphatic heterocycles. The second kappa shape index (κ2) is 6.20. The van der Waals surface area contributed by atoms with Gasteiger partial charge in [-0.3, -0.25) is 0 Å². The number of aromatic amines is 1. The maximum Gasteiger partial charge on any atom is 0.323 e. The van der Waals surface area contributed by atoms with Crippen molar-refractivity contribution in [2.75, 3.05) is 10.6 Å². The minimum atomic E-state index is -0.263. The zero-order valence-electron chi connectivity index (χ0n) is 13.8. The third kappa shape index (κ3) is 2.99. The number of aryl methyl sites for hydroxylation is 1.